The number of aliphatic hydroxyl groups excluding tert-OH is 1. The molecule has 18 heavy (non-hydrogen) atoms. The molecule has 3 N–H and O–H groups in total. The van der Waals surface area contributed by atoms with Gasteiger partial charge in [-0.3, -0.25) is 4.79 Å². The van der Waals surface area contributed by atoms with Gasteiger partial charge in [-0.2, -0.15) is 0 Å². The van der Waals surface area contributed by atoms with E-state index in [-0.39, 0.29) is 5.91 Å². The van der Waals surface area contributed by atoms with Crippen molar-refractivity contribution in [2.75, 3.05) is 26.2 Å². The number of aromatic amines is 1. The number of aromatic nitrogens is 1. The van der Waals surface area contributed by atoms with Gasteiger partial charge in [0.05, 0.1) is 11.7 Å². The van der Waals surface area contributed by atoms with Crippen molar-refractivity contribution in [2.45, 2.75) is 25.9 Å². The number of β-amino-alcohol motifs (C(OH)–C–C–N with tert-alkyl or cyclic N) is 1. The van der Waals surface area contributed by atoms with Gasteiger partial charge in [0.2, 0.25) is 0 Å². The fourth-order valence-electron chi connectivity index (χ4n) is 2.28. The van der Waals surface area contributed by atoms with Crippen molar-refractivity contribution < 1.29 is 9.90 Å². The smallest absolute Gasteiger partial charge is 0.252 e. The van der Waals surface area contributed by atoms with Gasteiger partial charge in [0, 0.05) is 25.0 Å². The number of likely N-dealkylation sites (tertiary alicyclic amines) is 1. The zero-order valence-corrected chi connectivity index (χ0v) is 10.8. The summed E-state index contributed by atoms with van der Waals surface area (Å²) in [5, 5.41) is 12.6. The van der Waals surface area contributed by atoms with Gasteiger partial charge in [-0.25, -0.2) is 0 Å². The Bertz CT molecular complexity index is 397. The summed E-state index contributed by atoms with van der Waals surface area (Å²) in [7, 11) is 0. The predicted molar refractivity (Wildman–Crippen MR) is 69.5 cm³/mol. The van der Waals surface area contributed by atoms with Crippen LogP contribution in [-0.2, 0) is 0 Å². The Balaban J connectivity index is 1.71. The summed E-state index contributed by atoms with van der Waals surface area (Å²) in [4.78, 5) is 16.9. The molecule has 1 aromatic rings. The van der Waals surface area contributed by atoms with Crippen molar-refractivity contribution in [3.8, 4) is 0 Å². The maximum Gasteiger partial charge on any atom is 0.252 e. The summed E-state index contributed by atoms with van der Waals surface area (Å²) in [6.07, 6.45) is 3.60. The number of hydrogen-bond donors (Lipinski definition) is 3. The largest absolute Gasteiger partial charge is 0.390 e. The highest BCUT2D eigenvalue weighted by atomic mass is 16.3. The quantitative estimate of drug-likeness (QED) is 0.714. The van der Waals surface area contributed by atoms with Crippen LogP contribution in [0, 0.1) is 6.92 Å². The van der Waals surface area contributed by atoms with E-state index in [9.17, 15) is 9.90 Å². The summed E-state index contributed by atoms with van der Waals surface area (Å²) >= 11 is 0. The monoisotopic (exact) mass is 251 g/mol. The number of aliphatic hydroxyl groups is 1. The van der Waals surface area contributed by atoms with Gasteiger partial charge in [0.15, 0.2) is 0 Å². The van der Waals surface area contributed by atoms with Gasteiger partial charge in [0.1, 0.15) is 0 Å². The summed E-state index contributed by atoms with van der Waals surface area (Å²) in [5.74, 6) is -0.139. The lowest BCUT2D eigenvalue weighted by Crippen LogP contribution is -2.39. The molecular weight excluding hydrogens is 230 g/mol. The van der Waals surface area contributed by atoms with Crippen LogP contribution >= 0.6 is 0 Å². The normalized spacial score (nSPS) is 17.9. The van der Waals surface area contributed by atoms with Crippen molar-refractivity contribution in [1.29, 1.82) is 0 Å². The minimum Gasteiger partial charge on any atom is -0.390 e. The molecule has 0 radical (unpaired) electrons. The Kier molecular flexibility index (Phi) is 4.38. The zero-order chi connectivity index (χ0) is 13.0. The van der Waals surface area contributed by atoms with Crippen LogP contribution in [0.3, 0.4) is 0 Å². The first-order valence-corrected chi connectivity index (χ1v) is 6.49. The second-order valence-corrected chi connectivity index (χ2v) is 4.94. The summed E-state index contributed by atoms with van der Waals surface area (Å²) < 4.78 is 0. The Labute approximate surface area is 107 Å². The van der Waals surface area contributed by atoms with Crippen LogP contribution in [-0.4, -0.2) is 53.2 Å². The molecule has 2 heterocycles. The van der Waals surface area contributed by atoms with Gasteiger partial charge in [-0.05, 0) is 38.9 Å². The third-order valence-electron chi connectivity index (χ3n) is 3.26. The summed E-state index contributed by atoms with van der Waals surface area (Å²) in [6, 6.07) is 1.79. The fourth-order valence-corrected chi connectivity index (χ4v) is 2.28. The molecular formula is C13H21N3O2. The molecule has 1 aliphatic rings. The lowest BCUT2D eigenvalue weighted by atomic mass is 10.2. The topological polar surface area (TPSA) is 68.4 Å². The number of carbonyl (C=O) groups is 1. The molecule has 1 aliphatic heterocycles. The Hall–Kier alpha value is -1.33. The molecule has 5 heteroatoms. The zero-order valence-electron chi connectivity index (χ0n) is 10.8. The van der Waals surface area contributed by atoms with Crippen molar-refractivity contribution in [2.24, 2.45) is 0 Å². The molecule has 2 rings (SSSR count). The fraction of sp³-hybridized carbons (Fsp3) is 0.615. The van der Waals surface area contributed by atoms with Crippen molar-refractivity contribution in [1.82, 2.24) is 15.2 Å². The van der Waals surface area contributed by atoms with Gasteiger partial charge in [-0.15, -0.1) is 0 Å². The molecule has 1 amide bonds. The second-order valence-electron chi connectivity index (χ2n) is 4.94. The first-order valence-electron chi connectivity index (χ1n) is 6.49. The van der Waals surface area contributed by atoms with E-state index < -0.39 is 6.10 Å². The Morgan fingerprint density at radius 1 is 1.56 bits per heavy atom. The Morgan fingerprint density at radius 2 is 2.28 bits per heavy atom. The van der Waals surface area contributed by atoms with Gasteiger partial charge < -0.3 is 20.3 Å². The third-order valence-corrected chi connectivity index (χ3v) is 3.26. The predicted octanol–water partition coefficient (Wildman–Crippen LogP) is 0.510. The molecule has 0 aromatic carbocycles. The first-order chi connectivity index (χ1) is 8.65. The van der Waals surface area contributed by atoms with E-state index in [0.29, 0.717) is 18.7 Å². The van der Waals surface area contributed by atoms with Crippen LogP contribution in [0.25, 0.3) is 0 Å². The molecule has 1 unspecified atom stereocenters. The SMILES string of the molecule is Cc1cc(C(=O)NCC(O)CN2CCCC2)c[nH]1. The molecule has 1 atom stereocenters. The first kappa shape index (κ1) is 13.1. The van der Waals surface area contributed by atoms with E-state index in [0.717, 1.165) is 18.8 Å². The number of rotatable bonds is 5. The highest BCUT2D eigenvalue weighted by Crippen LogP contribution is 2.07. The molecule has 100 valence electrons. The van der Waals surface area contributed by atoms with E-state index in [2.05, 4.69) is 15.2 Å². The van der Waals surface area contributed by atoms with Gasteiger partial charge in [-0.1, -0.05) is 0 Å². The molecule has 1 aromatic heterocycles. The van der Waals surface area contributed by atoms with Gasteiger partial charge >= 0.3 is 0 Å². The molecule has 0 spiro atoms. The summed E-state index contributed by atoms with van der Waals surface area (Å²) in [5.41, 5.74) is 1.57. The van der Waals surface area contributed by atoms with Crippen LogP contribution in [0.1, 0.15) is 28.9 Å². The standard InChI is InChI=1S/C13H21N3O2/c1-10-6-11(7-14-10)13(18)15-8-12(17)9-16-4-2-3-5-16/h6-7,12,14,17H,2-5,8-9H2,1H3,(H,15,18). The lowest BCUT2D eigenvalue weighted by molar-refractivity contribution is 0.0879. The number of aryl methyl sites for hydroxylation is 1. The minimum absolute atomic E-state index is 0.139. The lowest BCUT2D eigenvalue weighted by Gasteiger charge is -2.19. The van der Waals surface area contributed by atoms with Crippen LogP contribution in [0.2, 0.25) is 0 Å². The van der Waals surface area contributed by atoms with E-state index in [1.165, 1.54) is 12.8 Å². The average Bonchev–Trinajstić information content (AvgIpc) is 2.97. The molecule has 5 nitrogen and oxygen atoms in total. The molecule has 1 saturated heterocycles. The van der Waals surface area contributed by atoms with Crippen LogP contribution in [0.5, 0.6) is 0 Å². The number of carbonyl (C=O) groups excluding carboxylic acids is 1. The Morgan fingerprint density at radius 3 is 2.89 bits per heavy atom. The molecule has 0 bridgehead atoms. The van der Waals surface area contributed by atoms with E-state index in [4.69, 9.17) is 0 Å². The van der Waals surface area contributed by atoms with Crippen LogP contribution < -0.4 is 5.32 Å². The van der Waals surface area contributed by atoms with Crippen molar-refractivity contribution >= 4 is 5.91 Å². The van der Waals surface area contributed by atoms with Gasteiger partial charge in [0.25, 0.3) is 5.91 Å². The minimum atomic E-state index is -0.493. The second kappa shape index (κ2) is 6.02. The third kappa shape index (κ3) is 3.58. The van der Waals surface area contributed by atoms with E-state index in [1.807, 2.05) is 6.92 Å². The van der Waals surface area contributed by atoms with Crippen LogP contribution in [0.15, 0.2) is 12.3 Å². The molecule has 0 saturated carbocycles. The van der Waals surface area contributed by atoms with Crippen molar-refractivity contribution in [3.05, 3.63) is 23.5 Å². The van der Waals surface area contributed by atoms with E-state index >= 15 is 0 Å². The van der Waals surface area contributed by atoms with Crippen molar-refractivity contribution in [3.63, 3.8) is 0 Å². The number of amides is 1. The number of H-pyrrole nitrogens is 1. The summed E-state index contributed by atoms with van der Waals surface area (Å²) in [6.45, 7) is 4.97. The number of nitrogens with zero attached hydrogens (tertiary/aromatic N) is 1. The maximum absolute atomic E-state index is 11.7. The van der Waals surface area contributed by atoms with Crippen LogP contribution in [0.4, 0.5) is 0 Å². The number of hydrogen-bond acceptors (Lipinski definition) is 3. The van der Waals surface area contributed by atoms with E-state index in [1.54, 1.807) is 12.3 Å². The number of nitrogens with one attached hydrogen (secondary N) is 2. The highest BCUT2D eigenvalue weighted by Gasteiger charge is 2.16. The maximum atomic E-state index is 11.7. The molecule has 1 fully saturated rings. The highest BCUT2D eigenvalue weighted by molar-refractivity contribution is 5.94. The average molecular weight is 251 g/mol. The molecule has 0 aliphatic carbocycles.